The van der Waals surface area contributed by atoms with Crippen molar-refractivity contribution in [1.82, 2.24) is 4.31 Å². The average Bonchev–Trinajstić information content (AvgIpc) is 2.56. The number of piperazine rings is 1. The van der Waals surface area contributed by atoms with E-state index >= 15 is 0 Å². The third-order valence-electron chi connectivity index (χ3n) is 3.88. The van der Waals surface area contributed by atoms with Crippen LogP contribution in [0.4, 0.5) is 10.1 Å². The summed E-state index contributed by atoms with van der Waals surface area (Å²) in [5, 5.41) is 0.494. The lowest BCUT2D eigenvalue weighted by atomic mass is 10.2. The molecule has 0 N–H and O–H groups in total. The zero-order chi connectivity index (χ0) is 16.4. The Morgan fingerprint density at radius 2 is 1.52 bits per heavy atom. The van der Waals surface area contributed by atoms with Crippen molar-refractivity contribution in [2.24, 2.45) is 0 Å². The number of nitrogens with zero attached hydrogens (tertiary/aromatic N) is 2. The van der Waals surface area contributed by atoms with Crippen LogP contribution in [0.5, 0.6) is 0 Å². The second-order valence-electron chi connectivity index (χ2n) is 5.30. The predicted octanol–water partition coefficient (Wildman–Crippen LogP) is 2.99. The number of anilines is 1. The van der Waals surface area contributed by atoms with Gasteiger partial charge >= 0.3 is 0 Å². The fourth-order valence-electron chi connectivity index (χ4n) is 2.63. The molecule has 4 nitrogen and oxygen atoms in total. The molecule has 0 atom stereocenters. The highest BCUT2D eigenvalue weighted by Gasteiger charge is 2.29. The number of hydrogen-bond donors (Lipinski definition) is 0. The molecule has 1 heterocycles. The molecule has 0 bridgehead atoms. The van der Waals surface area contributed by atoms with Crippen molar-refractivity contribution >= 4 is 27.3 Å². The molecule has 7 heteroatoms. The molecule has 0 radical (unpaired) electrons. The number of hydrogen-bond acceptors (Lipinski definition) is 3. The standard InChI is InChI=1S/C16H16ClFN2O2S/c17-13-5-7-14(8-6-13)23(21,22)20-11-9-19(10-12-20)16-4-2-1-3-15(16)18/h1-8H,9-12H2. The summed E-state index contributed by atoms with van der Waals surface area (Å²) in [7, 11) is -3.54. The largest absolute Gasteiger partial charge is 0.367 e. The number of sulfonamides is 1. The van der Waals surface area contributed by atoms with Gasteiger partial charge in [-0.05, 0) is 36.4 Å². The van der Waals surface area contributed by atoms with Gasteiger partial charge < -0.3 is 4.90 Å². The number of rotatable bonds is 3. The fraction of sp³-hybridized carbons (Fsp3) is 0.250. The van der Waals surface area contributed by atoms with Gasteiger partial charge in [0.1, 0.15) is 5.82 Å². The molecule has 23 heavy (non-hydrogen) atoms. The van der Waals surface area contributed by atoms with Gasteiger partial charge in [0.2, 0.25) is 10.0 Å². The van der Waals surface area contributed by atoms with Crippen molar-refractivity contribution in [3.8, 4) is 0 Å². The van der Waals surface area contributed by atoms with Crippen molar-refractivity contribution in [3.05, 3.63) is 59.4 Å². The van der Waals surface area contributed by atoms with Crippen molar-refractivity contribution in [1.29, 1.82) is 0 Å². The average molecular weight is 355 g/mol. The van der Waals surface area contributed by atoms with Crippen LogP contribution in [-0.2, 0) is 10.0 Å². The van der Waals surface area contributed by atoms with E-state index < -0.39 is 10.0 Å². The Bertz CT molecular complexity index is 788. The van der Waals surface area contributed by atoms with Gasteiger partial charge in [0, 0.05) is 31.2 Å². The van der Waals surface area contributed by atoms with Gasteiger partial charge in [-0.1, -0.05) is 23.7 Å². The minimum absolute atomic E-state index is 0.223. The maximum absolute atomic E-state index is 13.8. The highest BCUT2D eigenvalue weighted by atomic mass is 35.5. The minimum atomic E-state index is -3.54. The summed E-state index contributed by atoms with van der Waals surface area (Å²) >= 11 is 5.80. The molecule has 1 aliphatic rings. The SMILES string of the molecule is O=S(=O)(c1ccc(Cl)cc1)N1CCN(c2ccccc2F)CC1. The summed E-state index contributed by atoms with van der Waals surface area (Å²) in [5.74, 6) is -0.290. The molecule has 122 valence electrons. The zero-order valence-corrected chi connectivity index (χ0v) is 13.9. The molecule has 1 fully saturated rings. The van der Waals surface area contributed by atoms with Crippen molar-refractivity contribution in [2.75, 3.05) is 31.1 Å². The summed E-state index contributed by atoms with van der Waals surface area (Å²) < 4.78 is 40.4. The smallest absolute Gasteiger partial charge is 0.243 e. The van der Waals surface area contributed by atoms with E-state index in [-0.39, 0.29) is 10.7 Å². The minimum Gasteiger partial charge on any atom is -0.367 e. The van der Waals surface area contributed by atoms with Crippen LogP contribution >= 0.6 is 11.6 Å². The Balaban J connectivity index is 1.74. The van der Waals surface area contributed by atoms with E-state index in [1.807, 2.05) is 4.90 Å². The van der Waals surface area contributed by atoms with Crippen LogP contribution < -0.4 is 4.90 Å². The van der Waals surface area contributed by atoms with E-state index in [0.717, 1.165) is 0 Å². The molecular formula is C16H16ClFN2O2S. The third kappa shape index (κ3) is 3.34. The van der Waals surface area contributed by atoms with Crippen molar-refractivity contribution < 1.29 is 12.8 Å². The highest BCUT2D eigenvalue weighted by molar-refractivity contribution is 7.89. The van der Waals surface area contributed by atoms with Gasteiger partial charge in [0.25, 0.3) is 0 Å². The molecule has 0 spiro atoms. The Morgan fingerprint density at radius 3 is 2.13 bits per heavy atom. The van der Waals surface area contributed by atoms with Crippen LogP contribution in [0, 0.1) is 5.82 Å². The van der Waals surface area contributed by atoms with E-state index in [0.29, 0.717) is 36.9 Å². The molecule has 0 amide bonds. The molecule has 2 aromatic carbocycles. The summed E-state index contributed by atoms with van der Waals surface area (Å²) in [6.45, 7) is 1.54. The fourth-order valence-corrected chi connectivity index (χ4v) is 4.18. The first-order valence-electron chi connectivity index (χ1n) is 7.24. The van der Waals surface area contributed by atoms with E-state index in [4.69, 9.17) is 11.6 Å². The Labute approximate surface area is 140 Å². The molecule has 0 saturated carbocycles. The summed E-state index contributed by atoms with van der Waals surface area (Å²) in [6.07, 6.45) is 0. The molecule has 2 aromatic rings. The summed E-state index contributed by atoms with van der Waals surface area (Å²) in [5.41, 5.74) is 0.510. The molecule has 0 unspecified atom stereocenters. The van der Waals surface area contributed by atoms with E-state index in [1.165, 1.54) is 22.5 Å². The van der Waals surface area contributed by atoms with E-state index in [1.54, 1.807) is 30.3 Å². The van der Waals surface area contributed by atoms with E-state index in [2.05, 4.69) is 0 Å². The maximum Gasteiger partial charge on any atom is 0.243 e. The monoisotopic (exact) mass is 354 g/mol. The number of halogens is 2. The molecule has 0 aliphatic carbocycles. The van der Waals surface area contributed by atoms with Gasteiger partial charge in [-0.2, -0.15) is 4.31 Å². The molecule has 1 saturated heterocycles. The first-order chi connectivity index (χ1) is 11.0. The topological polar surface area (TPSA) is 40.6 Å². The second kappa shape index (κ2) is 6.47. The first kappa shape index (κ1) is 16.2. The van der Waals surface area contributed by atoms with Crippen LogP contribution in [0.15, 0.2) is 53.4 Å². The third-order valence-corrected chi connectivity index (χ3v) is 6.05. The van der Waals surface area contributed by atoms with Crippen LogP contribution in [0.2, 0.25) is 5.02 Å². The summed E-state index contributed by atoms with van der Waals surface area (Å²) in [4.78, 5) is 2.09. The lowest BCUT2D eigenvalue weighted by Crippen LogP contribution is -2.48. The van der Waals surface area contributed by atoms with Gasteiger partial charge in [-0.25, -0.2) is 12.8 Å². The second-order valence-corrected chi connectivity index (χ2v) is 7.67. The molecule has 0 aromatic heterocycles. The van der Waals surface area contributed by atoms with Crippen molar-refractivity contribution in [3.63, 3.8) is 0 Å². The molecular weight excluding hydrogens is 339 g/mol. The molecule has 1 aliphatic heterocycles. The van der Waals surface area contributed by atoms with Crippen LogP contribution in [0.3, 0.4) is 0 Å². The van der Waals surface area contributed by atoms with Crippen LogP contribution in [-0.4, -0.2) is 38.9 Å². The van der Waals surface area contributed by atoms with Crippen LogP contribution in [0.25, 0.3) is 0 Å². The van der Waals surface area contributed by atoms with Crippen molar-refractivity contribution in [2.45, 2.75) is 4.90 Å². The van der Waals surface area contributed by atoms with Gasteiger partial charge in [-0.15, -0.1) is 0 Å². The summed E-state index contributed by atoms with van der Waals surface area (Å²) in [6, 6.07) is 12.6. The number of benzene rings is 2. The Hall–Kier alpha value is -1.63. The van der Waals surface area contributed by atoms with E-state index in [9.17, 15) is 12.8 Å². The lowest BCUT2D eigenvalue weighted by molar-refractivity contribution is 0.383. The van der Waals surface area contributed by atoms with Crippen LogP contribution in [0.1, 0.15) is 0 Å². The zero-order valence-electron chi connectivity index (χ0n) is 12.3. The first-order valence-corrected chi connectivity index (χ1v) is 9.05. The van der Waals surface area contributed by atoms with Gasteiger partial charge in [0.15, 0.2) is 0 Å². The predicted molar refractivity (Wildman–Crippen MR) is 88.8 cm³/mol. The van der Waals surface area contributed by atoms with Gasteiger partial charge in [0.05, 0.1) is 10.6 Å². The van der Waals surface area contributed by atoms with Gasteiger partial charge in [-0.3, -0.25) is 0 Å². The normalized spacial score (nSPS) is 16.5. The molecule has 3 rings (SSSR count). The maximum atomic E-state index is 13.8. The Morgan fingerprint density at radius 1 is 0.913 bits per heavy atom. The highest BCUT2D eigenvalue weighted by Crippen LogP contribution is 2.23. The number of para-hydroxylation sites is 1. The quantitative estimate of drug-likeness (QED) is 0.850. The Kier molecular flexibility index (Phi) is 4.57. The lowest BCUT2D eigenvalue weighted by Gasteiger charge is -2.35.